The van der Waals surface area contributed by atoms with Crippen LogP contribution in [0, 0.1) is 5.92 Å². The lowest BCUT2D eigenvalue weighted by Gasteiger charge is -2.47. The summed E-state index contributed by atoms with van der Waals surface area (Å²) >= 11 is 0. The highest BCUT2D eigenvalue weighted by atomic mass is 32.2. The fourth-order valence-corrected chi connectivity index (χ4v) is 5.13. The summed E-state index contributed by atoms with van der Waals surface area (Å²) in [6, 6.07) is 1.63. The van der Waals surface area contributed by atoms with Gasteiger partial charge in [-0.15, -0.1) is 0 Å². The van der Waals surface area contributed by atoms with Gasteiger partial charge < -0.3 is 5.32 Å². The summed E-state index contributed by atoms with van der Waals surface area (Å²) in [4.78, 5) is 2.56. The Labute approximate surface area is 117 Å². The molecule has 0 radical (unpaired) electrons. The first kappa shape index (κ1) is 15.3. The van der Waals surface area contributed by atoms with Gasteiger partial charge in [0.05, 0.1) is 11.5 Å². The summed E-state index contributed by atoms with van der Waals surface area (Å²) in [6.07, 6.45) is 2.83. The van der Waals surface area contributed by atoms with Gasteiger partial charge >= 0.3 is 0 Å². The van der Waals surface area contributed by atoms with Crippen LogP contribution < -0.4 is 5.32 Å². The second kappa shape index (κ2) is 6.10. The van der Waals surface area contributed by atoms with Crippen molar-refractivity contribution in [3.8, 4) is 0 Å². The highest BCUT2D eigenvalue weighted by molar-refractivity contribution is 7.91. The van der Waals surface area contributed by atoms with Gasteiger partial charge in [-0.25, -0.2) is 8.42 Å². The average molecular weight is 288 g/mol. The molecular formula is C14H28N2O2S. The number of piperidine rings is 1. The van der Waals surface area contributed by atoms with Gasteiger partial charge in [0.25, 0.3) is 0 Å². The zero-order valence-corrected chi connectivity index (χ0v) is 13.2. The molecule has 2 rings (SSSR count). The average Bonchev–Trinajstić information content (AvgIpc) is 2.36. The van der Waals surface area contributed by atoms with Crippen LogP contribution in [0.1, 0.15) is 40.0 Å². The second-order valence-corrected chi connectivity index (χ2v) is 8.48. The van der Waals surface area contributed by atoms with E-state index in [1.54, 1.807) is 0 Å². The molecule has 0 spiro atoms. The summed E-state index contributed by atoms with van der Waals surface area (Å²) in [5, 5.41) is 3.58. The van der Waals surface area contributed by atoms with Crippen LogP contribution in [0.5, 0.6) is 0 Å². The molecule has 112 valence electrons. The molecule has 19 heavy (non-hydrogen) atoms. The molecule has 0 bridgehead atoms. The van der Waals surface area contributed by atoms with Gasteiger partial charge in [0.2, 0.25) is 0 Å². The predicted octanol–water partition coefficient (Wildman–Crippen LogP) is 1.27. The molecule has 2 aliphatic rings. The van der Waals surface area contributed by atoms with E-state index < -0.39 is 9.84 Å². The van der Waals surface area contributed by atoms with Crippen molar-refractivity contribution >= 4 is 9.84 Å². The van der Waals surface area contributed by atoms with E-state index in [0.717, 1.165) is 25.9 Å². The summed E-state index contributed by atoms with van der Waals surface area (Å²) in [6.45, 7) is 8.92. The van der Waals surface area contributed by atoms with Gasteiger partial charge in [0.15, 0.2) is 0 Å². The van der Waals surface area contributed by atoms with Crippen molar-refractivity contribution in [2.24, 2.45) is 5.92 Å². The Balaban J connectivity index is 1.95. The van der Waals surface area contributed by atoms with Crippen molar-refractivity contribution in [1.29, 1.82) is 0 Å². The molecule has 3 atom stereocenters. The van der Waals surface area contributed by atoms with Gasteiger partial charge in [0.1, 0.15) is 9.84 Å². The third-order valence-electron chi connectivity index (χ3n) is 5.08. The van der Waals surface area contributed by atoms with Crippen LogP contribution in [0.25, 0.3) is 0 Å². The molecule has 2 aliphatic heterocycles. The third kappa shape index (κ3) is 3.50. The Morgan fingerprint density at radius 3 is 2.37 bits per heavy atom. The van der Waals surface area contributed by atoms with Crippen molar-refractivity contribution in [3.05, 3.63) is 0 Å². The summed E-state index contributed by atoms with van der Waals surface area (Å²) < 4.78 is 23.1. The molecule has 2 saturated heterocycles. The Morgan fingerprint density at radius 1 is 1.16 bits per heavy atom. The van der Waals surface area contributed by atoms with E-state index in [1.165, 1.54) is 6.42 Å². The molecule has 5 heteroatoms. The molecule has 0 aromatic heterocycles. The SMILES string of the molecule is CCNC1CCN(C2CCS(=O)(=O)CC2)C(C)C1C. The van der Waals surface area contributed by atoms with Crippen LogP contribution in [-0.2, 0) is 9.84 Å². The standard InChI is InChI=1S/C14H28N2O2S/c1-4-15-14-5-8-16(12(3)11(14)2)13-6-9-19(17,18)10-7-13/h11-15H,4-10H2,1-3H3. The van der Waals surface area contributed by atoms with Gasteiger partial charge in [-0.3, -0.25) is 4.90 Å². The van der Waals surface area contributed by atoms with E-state index in [4.69, 9.17) is 0 Å². The second-order valence-electron chi connectivity index (χ2n) is 6.17. The lowest BCUT2D eigenvalue weighted by Crippen LogP contribution is -2.57. The minimum atomic E-state index is -2.74. The van der Waals surface area contributed by atoms with Crippen LogP contribution in [0.4, 0.5) is 0 Å². The first-order valence-electron chi connectivity index (χ1n) is 7.64. The number of nitrogens with zero attached hydrogens (tertiary/aromatic N) is 1. The molecule has 2 fully saturated rings. The number of hydrogen-bond donors (Lipinski definition) is 1. The monoisotopic (exact) mass is 288 g/mol. The van der Waals surface area contributed by atoms with Crippen LogP contribution in [0.3, 0.4) is 0 Å². The quantitative estimate of drug-likeness (QED) is 0.850. The smallest absolute Gasteiger partial charge is 0.150 e. The first-order chi connectivity index (χ1) is 8.94. The normalized spacial score (nSPS) is 37.3. The zero-order chi connectivity index (χ0) is 14.0. The van der Waals surface area contributed by atoms with E-state index in [-0.39, 0.29) is 0 Å². The van der Waals surface area contributed by atoms with Crippen LogP contribution >= 0.6 is 0 Å². The molecule has 2 heterocycles. The lowest BCUT2D eigenvalue weighted by atomic mass is 9.85. The number of sulfone groups is 1. The Hall–Kier alpha value is -0.130. The van der Waals surface area contributed by atoms with Crippen molar-refractivity contribution in [2.75, 3.05) is 24.6 Å². The molecule has 0 aromatic rings. The molecule has 0 aliphatic carbocycles. The topological polar surface area (TPSA) is 49.4 Å². The minimum Gasteiger partial charge on any atom is -0.314 e. The number of likely N-dealkylation sites (tertiary alicyclic amines) is 1. The minimum absolute atomic E-state index is 0.381. The maximum atomic E-state index is 11.5. The highest BCUT2D eigenvalue weighted by Crippen LogP contribution is 2.29. The summed E-state index contributed by atoms with van der Waals surface area (Å²) in [7, 11) is -2.74. The number of rotatable bonds is 3. The third-order valence-corrected chi connectivity index (χ3v) is 6.79. The molecule has 1 N–H and O–H groups in total. The van der Waals surface area contributed by atoms with Crippen molar-refractivity contribution in [1.82, 2.24) is 10.2 Å². The van der Waals surface area contributed by atoms with Crippen LogP contribution in [0.15, 0.2) is 0 Å². The first-order valence-corrected chi connectivity index (χ1v) is 9.46. The fraction of sp³-hybridized carbons (Fsp3) is 1.00. The van der Waals surface area contributed by atoms with Gasteiger partial charge in [-0.05, 0) is 38.6 Å². The van der Waals surface area contributed by atoms with Crippen LogP contribution in [-0.4, -0.2) is 56.0 Å². The summed E-state index contributed by atoms with van der Waals surface area (Å²) in [5.41, 5.74) is 0. The fourth-order valence-electron chi connectivity index (χ4n) is 3.67. The molecular weight excluding hydrogens is 260 g/mol. The molecule has 3 unspecified atom stereocenters. The van der Waals surface area contributed by atoms with Crippen molar-refractivity contribution in [3.63, 3.8) is 0 Å². The predicted molar refractivity (Wildman–Crippen MR) is 79.1 cm³/mol. The largest absolute Gasteiger partial charge is 0.314 e. The van der Waals surface area contributed by atoms with E-state index >= 15 is 0 Å². The number of hydrogen-bond acceptors (Lipinski definition) is 4. The number of nitrogens with one attached hydrogen (secondary N) is 1. The van der Waals surface area contributed by atoms with Crippen molar-refractivity contribution in [2.45, 2.75) is 58.2 Å². The van der Waals surface area contributed by atoms with E-state index in [2.05, 4.69) is 31.0 Å². The lowest BCUT2D eigenvalue weighted by molar-refractivity contribution is 0.0431. The Morgan fingerprint density at radius 2 is 1.79 bits per heavy atom. The molecule has 0 amide bonds. The Kier molecular flexibility index (Phi) is 4.90. The maximum Gasteiger partial charge on any atom is 0.150 e. The highest BCUT2D eigenvalue weighted by Gasteiger charge is 2.37. The molecule has 0 aromatic carbocycles. The Bertz CT molecular complexity index is 382. The maximum absolute atomic E-state index is 11.5. The van der Waals surface area contributed by atoms with Crippen molar-refractivity contribution < 1.29 is 8.42 Å². The van der Waals surface area contributed by atoms with Gasteiger partial charge in [-0.2, -0.15) is 0 Å². The van der Waals surface area contributed by atoms with Gasteiger partial charge in [0, 0.05) is 24.7 Å². The van der Waals surface area contributed by atoms with Crippen LogP contribution in [0.2, 0.25) is 0 Å². The molecule has 0 saturated carbocycles. The zero-order valence-electron chi connectivity index (χ0n) is 12.4. The van der Waals surface area contributed by atoms with E-state index in [0.29, 0.717) is 35.5 Å². The van der Waals surface area contributed by atoms with Gasteiger partial charge in [-0.1, -0.05) is 13.8 Å². The summed E-state index contributed by atoms with van der Waals surface area (Å²) in [5.74, 6) is 1.39. The van der Waals surface area contributed by atoms with E-state index in [9.17, 15) is 8.42 Å². The van der Waals surface area contributed by atoms with E-state index in [1.807, 2.05) is 0 Å². The molecule has 4 nitrogen and oxygen atoms in total.